The van der Waals surface area contributed by atoms with Gasteiger partial charge in [0.25, 0.3) is 0 Å². The molecule has 1 unspecified atom stereocenters. The second-order valence-corrected chi connectivity index (χ2v) is 5.51. The molecule has 0 amide bonds. The highest BCUT2D eigenvalue weighted by atomic mass is 19.4. The van der Waals surface area contributed by atoms with Crippen molar-refractivity contribution >= 4 is 0 Å². The Morgan fingerprint density at radius 1 is 1.05 bits per heavy atom. The van der Waals surface area contributed by atoms with Crippen molar-refractivity contribution in [2.45, 2.75) is 37.6 Å². The minimum Gasteiger partial charge on any atom is -0.361 e. The monoisotopic (exact) mass is 268 g/mol. The molecule has 1 spiro atoms. The smallest absolute Gasteiger partial charge is 0.361 e. The van der Waals surface area contributed by atoms with Crippen molar-refractivity contribution in [1.82, 2.24) is 0 Å². The lowest BCUT2D eigenvalue weighted by Gasteiger charge is -2.32. The third kappa shape index (κ3) is 2.29. The third-order valence-corrected chi connectivity index (χ3v) is 4.12. The standard InChI is InChI=1S/C15H15F3O/c16-15(17,18)14(9-8-13(11-14)6-7-13)19-10-12-4-2-1-3-5-12/h1-7H,8-11H2. The van der Waals surface area contributed by atoms with Crippen molar-refractivity contribution in [2.24, 2.45) is 5.41 Å². The van der Waals surface area contributed by atoms with Crippen molar-refractivity contribution in [1.29, 1.82) is 0 Å². The van der Waals surface area contributed by atoms with Crippen LogP contribution >= 0.6 is 0 Å². The van der Waals surface area contributed by atoms with E-state index in [-0.39, 0.29) is 24.9 Å². The van der Waals surface area contributed by atoms with E-state index in [1.165, 1.54) is 0 Å². The van der Waals surface area contributed by atoms with Crippen LogP contribution < -0.4 is 0 Å². The molecule has 2 aliphatic rings. The molecule has 0 bridgehead atoms. The molecule has 0 aromatic heterocycles. The summed E-state index contributed by atoms with van der Waals surface area (Å²) in [5.41, 5.74) is -1.52. The minimum atomic E-state index is -4.31. The minimum absolute atomic E-state index is 0.0103. The molecule has 0 aliphatic heterocycles. The molecule has 0 saturated heterocycles. The van der Waals surface area contributed by atoms with Gasteiger partial charge in [0.1, 0.15) is 0 Å². The van der Waals surface area contributed by atoms with Gasteiger partial charge in [0.15, 0.2) is 5.60 Å². The van der Waals surface area contributed by atoms with Crippen LogP contribution in [0.25, 0.3) is 0 Å². The van der Waals surface area contributed by atoms with E-state index in [0.717, 1.165) is 5.56 Å². The number of allylic oxidation sites excluding steroid dienone is 2. The summed E-state index contributed by atoms with van der Waals surface area (Å²) in [5.74, 6) is 0. The summed E-state index contributed by atoms with van der Waals surface area (Å²) in [6.07, 6.45) is 0.0578. The van der Waals surface area contributed by atoms with Crippen LogP contribution in [-0.4, -0.2) is 11.8 Å². The van der Waals surface area contributed by atoms with Crippen LogP contribution in [0.1, 0.15) is 24.8 Å². The van der Waals surface area contributed by atoms with Gasteiger partial charge in [0.05, 0.1) is 6.61 Å². The zero-order chi connectivity index (χ0) is 13.6. The van der Waals surface area contributed by atoms with Gasteiger partial charge in [-0.05, 0) is 24.8 Å². The molecule has 1 atom stereocenters. The van der Waals surface area contributed by atoms with Crippen molar-refractivity contribution in [3.8, 4) is 0 Å². The fourth-order valence-corrected chi connectivity index (χ4v) is 2.79. The number of benzene rings is 1. The van der Waals surface area contributed by atoms with Gasteiger partial charge in [-0.2, -0.15) is 13.2 Å². The summed E-state index contributed by atoms with van der Waals surface area (Å²) in [6, 6.07) is 9.01. The number of rotatable bonds is 3. The Balaban J connectivity index is 1.74. The predicted octanol–water partition coefficient (Wildman–Crippen LogP) is 4.24. The average Bonchev–Trinajstić information content (AvgIpc) is 3.00. The van der Waals surface area contributed by atoms with E-state index in [0.29, 0.717) is 6.42 Å². The molecule has 4 heteroatoms. The maximum atomic E-state index is 13.3. The molecule has 0 radical (unpaired) electrons. The Hall–Kier alpha value is -1.29. The molecule has 1 nitrogen and oxygen atoms in total. The van der Waals surface area contributed by atoms with Crippen molar-refractivity contribution in [2.75, 3.05) is 0 Å². The number of hydrogen-bond donors (Lipinski definition) is 0. The fourth-order valence-electron chi connectivity index (χ4n) is 2.79. The molecule has 19 heavy (non-hydrogen) atoms. The largest absolute Gasteiger partial charge is 0.417 e. The van der Waals surface area contributed by atoms with Crippen LogP contribution in [0.5, 0.6) is 0 Å². The molecule has 3 rings (SSSR count). The van der Waals surface area contributed by atoms with Gasteiger partial charge in [-0.15, -0.1) is 0 Å². The van der Waals surface area contributed by atoms with E-state index in [1.807, 2.05) is 18.2 Å². The Morgan fingerprint density at radius 2 is 1.74 bits per heavy atom. The van der Waals surface area contributed by atoms with Gasteiger partial charge in [0.2, 0.25) is 0 Å². The zero-order valence-corrected chi connectivity index (χ0v) is 10.4. The maximum Gasteiger partial charge on any atom is 0.417 e. The Kier molecular flexibility index (Phi) is 2.75. The summed E-state index contributed by atoms with van der Waals surface area (Å²) >= 11 is 0. The lowest BCUT2D eigenvalue weighted by atomic mass is 9.96. The van der Waals surface area contributed by atoms with Crippen LogP contribution in [0.4, 0.5) is 13.2 Å². The van der Waals surface area contributed by atoms with Crippen LogP contribution in [-0.2, 0) is 11.3 Å². The van der Waals surface area contributed by atoms with Crippen molar-refractivity contribution < 1.29 is 17.9 Å². The molecule has 1 saturated carbocycles. The highest BCUT2D eigenvalue weighted by Crippen LogP contribution is 2.59. The first kappa shape index (κ1) is 12.7. The van der Waals surface area contributed by atoms with Gasteiger partial charge < -0.3 is 4.74 Å². The van der Waals surface area contributed by atoms with Gasteiger partial charge >= 0.3 is 6.18 Å². The van der Waals surface area contributed by atoms with Gasteiger partial charge in [-0.25, -0.2) is 0 Å². The van der Waals surface area contributed by atoms with Crippen LogP contribution in [0.3, 0.4) is 0 Å². The highest BCUT2D eigenvalue weighted by Gasteiger charge is 2.64. The second-order valence-electron chi connectivity index (χ2n) is 5.51. The average molecular weight is 268 g/mol. The molecule has 1 aromatic carbocycles. The van der Waals surface area contributed by atoms with E-state index in [1.54, 1.807) is 24.3 Å². The first-order valence-corrected chi connectivity index (χ1v) is 6.40. The van der Waals surface area contributed by atoms with E-state index in [4.69, 9.17) is 4.74 Å². The van der Waals surface area contributed by atoms with Crippen LogP contribution in [0, 0.1) is 5.41 Å². The van der Waals surface area contributed by atoms with Crippen LogP contribution in [0.2, 0.25) is 0 Å². The van der Waals surface area contributed by atoms with Gasteiger partial charge in [-0.1, -0.05) is 42.5 Å². The van der Waals surface area contributed by atoms with Crippen LogP contribution in [0.15, 0.2) is 42.5 Å². The Morgan fingerprint density at radius 3 is 2.26 bits per heavy atom. The van der Waals surface area contributed by atoms with E-state index < -0.39 is 11.8 Å². The highest BCUT2D eigenvalue weighted by molar-refractivity contribution is 5.31. The normalized spacial score (nSPS) is 27.9. The first-order chi connectivity index (χ1) is 8.95. The number of ether oxygens (including phenoxy) is 1. The summed E-state index contributed by atoms with van der Waals surface area (Å²) < 4.78 is 45.4. The molecule has 0 N–H and O–H groups in total. The Bertz CT molecular complexity index is 486. The number of halogens is 3. The molecular weight excluding hydrogens is 253 g/mol. The molecule has 2 aliphatic carbocycles. The summed E-state index contributed by atoms with van der Waals surface area (Å²) in [5, 5.41) is 0. The van der Waals surface area contributed by atoms with Gasteiger partial charge in [0, 0.05) is 5.41 Å². The maximum absolute atomic E-state index is 13.3. The quantitative estimate of drug-likeness (QED) is 0.745. The molecule has 102 valence electrons. The summed E-state index contributed by atoms with van der Waals surface area (Å²) in [4.78, 5) is 0. The Labute approximate surface area is 110 Å². The number of alkyl halides is 3. The molecular formula is C15H15F3O. The zero-order valence-electron chi connectivity index (χ0n) is 10.4. The van der Waals surface area contributed by atoms with E-state index in [2.05, 4.69) is 0 Å². The fraction of sp³-hybridized carbons (Fsp3) is 0.467. The summed E-state index contributed by atoms with van der Waals surface area (Å²) in [6.45, 7) is 0.0103. The molecule has 1 fully saturated rings. The molecule has 0 heterocycles. The van der Waals surface area contributed by atoms with E-state index in [9.17, 15) is 13.2 Å². The first-order valence-electron chi connectivity index (χ1n) is 6.40. The lowest BCUT2D eigenvalue weighted by molar-refractivity contribution is -0.280. The third-order valence-electron chi connectivity index (χ3n) is 4.12. The summed E-state index contributed by atoms with van der Waals surface area (Å²) in [7, 11) is 0. The number of hydrogen-bond acceptors (Lipinski definition) is 1. The van der Waals surface area contributed by atoms with Crippen molar-refractivity contribution in [3.05, 3.63) is 48.0 Å². The SMILES string of the molecule is FC(F)(F)C1(OCc2ccccc2)CCC2(C=C2)C1. The van der Waals surface area contributed by atoms with Crippen molar-refractivity contribution in [3.63, 3.8) is 0 Å². The van der Waals surface area contributed by atoms with Gasteiger partial charge in [-0.3, -0.25) is 0 Å². The topological polar surface area (TPSA) is 9.23 Å². The second kappa shape index (κ2) is 4.10. The lowest BCUT2D eigenvalue weighted by Crippen LogP contribution is -2.45. The molecule has 1 aromatic rings. The van der Waals surface area contributed by atoms with E-state index >= 15 is 0 Å². The predicted molar refractivity (Wildman–Crippen MR) is 65.4 cm³/mol.